The highest BCUT2D eigenvalue weighted by atomic mass is 16.4. The van der Waals surface area contributed by atoms with Crippen molar-refractivity contribution in [2.24, 2.45) is 11.5 Å². The van der Waals surface area contributed by atoms with Gasteiger partial charge >= 0.3 is 5.97 Å². The molecule has 0 aliphatic rings. The molecule has 9 nitrogen and oxygen atoms in total. The Bertz CT molecular complexity index is 1240. The fraction of sp³-hybridized carbons (Fsp3) is 0.167. The summed E-state index contributed by atoms with van der Waals surface area (Å²) in [6, 6.07) is 16.8. The monoisotopic (exact) mass is 447 g/mol. The molecule has 3 aromatic rings. The van der Waals surface area contributed by atoms with Crippen molar-refractivity contribution in [1.29, 1.82) is 5.41 Å². The maximum absolute atomic E-state index is 12.9. The van der Waals surface area contributed by atoms with Gasteiger partial charge in [0.15, 0.2) is 5.78 Å². The van der Waals surface area contributed by atoms with Crippen molar-refractivity contribution in [2.45, 2.75) is 12.1 Å². The fourth-order valence-electron chi connectivity index (χ4n) is 3.74. The summed E-state index contributed by atoms with van der Waals surface area (Å²) in [5, 5.41) is 23.9. The molecular formula is C24H25N5O4. The number of likely N-dealkylation sites (N-methyl/N-ethyl adjacent to an activating group) is 1. The second kappa shape index (κ2) is 9.60. The van der Waals surface area contributed by atoms with Crippen molar-refractivity contribution in [1.82, 2.24) is 10.6 Å². The van der Waals surface area contributed by atoms with Crippen LogP contribution < -0.4 is 22.1 Å². The molecule has 1 atom stereocenters. The predicted molar refractivity (Wildman–Crippen MR) is 125 cm³/mol. The lowest BCUT2D eigenvalue weighted by Crippen LogP contribution is -2.56. The molecule has 9 heteroatoms. The number of rotatable bonds is 9. The lowest BCUT2D eigenvalue weighted by Gasteiger charge is -2.28. The van der Waals surface area contributed by atoms with E-state index >= 15 is 0 Å². The highest BCUT2D eigenvalue weighted by Gasteiger charge is 2.45. The predicted octanol–water partition coefficient (Wildman–Crippen LogP) is 1.08. The van der Waals surface area contributed by atoms with E-state index < -0.39 is 23.8 Å². The zero-order valence-electron chi connectivity index (χ0n) is 18.0. The summed E-state index contributed by atoms with van der Waals surface area (Å²) >= 11 is 0. The quantitative estimate of drug-likeness (QED) is 0.162. The molecular weight excluding hydrogens is 422 g/mol. The number of amides is 1. The molecule has 1 amide bonds. The van der Waals surface area contributed by atoms with Gasteiger partial charge in [0.1, 0.15) is 5.84 Å². The van der Waals surface area contributed by atoms with Gasteiger partial charge in [-0.2, -0.15) is 0 Å². The third-order valence-corrected chi connectivity index (χ3v) is 5.58. The molecule has 0 fully saturated rings. The summed E-state index contributed by atoms with van der Waals surface area (Å²) in [5.41, 5.74) is 11.0. The molecule has 3 aromatic carbocycles. The number of Topliss-reactive ketones (excluding diaryl/α,β-unsaturated/α-hetero) is 1. The lowest BCUT2D eigenvalue weighted by molar-refractivity contribution is -0.150. The molecule has 0 saturated carbocycles. The summed E-state index contributed by atoms with van der Waals surface area (Å²) in [7, 11) is 1.39. The van der Waals surface area contributed by atoms with Crippen LogP contribution in [0.15, 0.2) is 60.7 Å². The van der Waals surface area contributed by atoms with E-state index in [4.69, 9.17) is 16.9 Å². The van der Waals surface area contributed by atoms with Gasteiger partial charge in [0.2, 0.25) is 5.54 Å². The Hall–Kier alpha value is -4.08. The first-order chi connectivity index (χ1) is 15.7. The fourth-order valence-corrected chi connectivity index (χ4v) is 3.74. The molecule has 0 heterocycles. The standard InChI is InChI=1S/C24H25N5O4/c1-28-24(23(32)33,20(30)12-25)17-9-10-18-16(11-17)3-2-4-19(18)22(31)29-13-14-5-7-15(8-6-14)21(26)27/h2-11,28H,12-13,25H2,1H3,(H3,26,27)(H,29,31)(H,32,33). The number of nitrogens with one attached hydrogen (secondary N) is 3. The Labute approximate surface area is 190 Å². The first-order valence-corrected chi connectivity index (χ1v) is 10.1. The number of benzene rings is 3. The van der Waals surface area contributed by atoms with Crippen molar-refractivity contribution in [2.75, 3.05) is 13.6 Å². The third-order valence-electron chi connectivity index (χ3n) is 5.58. The normalized spacial score (nSPS) is 12.7. The molecule has 0 aliphatic carbocycles. The van der Waals surface area contributed by atoms with Crippen LogP contribution in [0.3, 0.4) is 0 Å². The Morgan fingerprint density at radius 3 is 2.33 bits per heavy atom. The minimum atomic E-state index is -1.98. The second-order valence-electron chi connectivity index (χ2n) is 7.47. The number of aliphatic carboxylic acids is 1. The van der Waals surface area contributed by atoms with E-state index in [9.17, 15) is 19.5 Å². The average Bonchev–Trinajstić information content (AvgIpc) is 2.82. The number of hydrogen-bond donors (Lipinski definition) is 6. The summed E-state index contributed by atoms with van der Waals surface area (Å²) in [5.74, 6) is -2.37. The number of ketones is 1. The van der Waals surface area contributed by atoms with Crippen LogP contribution in [0.25, 0.3) is 10.8 Å². The minimum absolute atomic E-state index is 0.0286. The van der Waals surface area contributed by atoms with Gasteiger partial charge in [0.05, 0.1) is 6.54 Å². The van der Waals surface area contributed by atoms with Gasteiger partial charge < -0.3 is 21.9 Å². The topological polar surface area (TPSA) is 171 Å². The van der Waals surface area contributed by atoms with Gasteiger partial charge in [0, 0.05) is 17.7 Å². The van der Waals surface area contributed by atoms with Gasteiger partial charge in [-0.1, -0.05) is 48.5 Å². The molecule has 8 N–H and O–H groups in total. The van der Waals surface area contributed by atoms with Crippen molar-refractivity contribution in [3.63, 3.8) is 0 Å². The lowest BCUT2D eigenvalue weighted by atomic mass is 9.84. The Kier molecular flexibility index (Phi) is 6.86. The number of carboxylic acids is 1. The van der Waals surface area contributed by atoms with Gasteiger partial charge in [-0.3, -0.25) is 20.3 Å². The zero-order valence-corrected chi connectivity index (χ0v) is 18.0. The maximum Gasteiger partial charge on any atom is 0.336 e. The summed E-state index contributed by atoms with van der Waals surface area (Å²) in [4.78, 5) is 37.3. The van der Waals surface area contributed by atoms with E-state index in [1.54, 1.807) is 54.6 Å². The van der Waals surface area contributed by atoms with E-state index in [2.05, 4.69) is 10.6 Å². The first kappa shape index (κ1) is 23.6. The number of nitrogens with two attached hydrogens (primary N) is 2. The zero-order chi connectivity index (χ0) is 24.2. The number of carbonyl (C=O) groups is 3. The van der Waals surface area contributed by atoms with Crippen LogP contribution in [0.2, 0.25) is 0 Å². The number of fused-ring (bicyclic) bond motifs is 1. The Balaban J connectivity index is 1.91. The average molecular weight is 447 g/mol. The number of hydrogen-bond acceptors (Lipinski definition) is 6. The summed E-state index contributed by atoms with van der Waals surface area (Å²) in [6.45, 7) is -0.167. The molecule has 33 heavy (non-hydrogen) atoms. The van der Waals surface area contributed by atoms with Crippen molar-refractivity contribution in [3.8, 4) is 0 Å². The Morgan fingerprint density at radius 2 is 1.76 bits per heavy atom. The highest BCUT2D eigenvalue weighted by molar-refractivity contribution is 6.11. The van der Waals surface area contributed by atoms with Crippen molar-refractivity contribution < 1.29 is 19.5 Å². The summed E-state index contributed by atoms with van der Waals surface area (Å²) in [6.07, 6.45) is 0. The highest BCUT2D eigenvalue weighted by Crippen LogP contribution is 2.28. The van der Waals surface area contributed by atoms with E-state index in [0.29, 0.717) is 21.9 Å². The second-order valence-corrected chi connectivity index (χ2v) is 7.47. The van der Waals surface area contributed by atoms with Gasteiger partial charge in [0.25, 0.3) is 5.91 Å². The molecule has 0 aliphatic heterocycles. The minimum Gasteiger partial charge on any atom is -0.479 e. The van der Waals surface area contributed by atoms with Gasteiger partial charge in [-0.05, 0) is 41.1 Å². The molecule has 0 bridgehead atoms. The number of amidine groups is 1. The van der Waals surface area contributed by atoms with Crippen LogP contribution in [0.5, 0.6) is 0 Å². The van der Waals surface area contributed by atoms with E-state index in [0.717, 1.165) is 5.56 Å². The van der Waals surface area contributed by atoms with Crippen LogP contribution >= 0.6 is 0 Å². The van der Waals surface area contributed by atoms with Gasteiger partial charge in [-0.15, -0.1) is 0 Å². The molecule has 1 unspecified atom stereocenters. The molecule has 0 radical (unpaired) electrons. The largest absolute Gasteiger partial charge is 0.479 e. The number of nitrogen functional groups attached to an aromatic ring is 1. The van der Waals surface area contributed by atoms with E-state index in [-0.39, 0.29) is 23.9 Å². The van der Waals surface area contributed by atoms with Gasteiger partial charge in [-0.25, -0.2) is 4.79 Å². The van der Waals surface area contributed by atoms with Crippen LogP contribution in [0, 0.1) is 5.41 Å². The smallest absolute Gasteiger partial charge is 0.336 e. The van der Waals surface area contributed by atoms with Crippen molar-refractivity contribution >= 4 is 34.3 Å². The van der Waals surface area contributed by atoms with Crippen LogP contribution in [0.1, 0.15) is 27.0 Å². The van der Waals surface area contributed by atoms with Crippen LogP contribution in [0.4, 0.5) is 0 Å². The molecule has 170 valence electrons. The molecule has 0 spiro atoms. The SMILES string of the molecule is CNC(C(=O)O)(C(=O)CN)c1ccc2c(C(=O)NCc3ccc(C(=N)N)cc3)cccc2c1. The third kappa shape index (κ3) is 4.45. The molecule has 0 aromatic heterocycles. The van der Waals surface area contributed by atoms with Crippen LogP contribution in [-0.2, 0) is 21.7 Å². The van der Waals surface area contributed by atoms with Crippen LogP contribution in [-0.4, -0.2) is 42.2 Å². The molecule has 0 saturated heterocycles. The summed E-state index contributed by atoms with van der Waals surface area (Å²) < 4.78 is 0. The van der Waals surface area contributed by atoms with Crippen molar-refractivity contribution in [3.05, 3.63) is 82.9 Å². The molecule has 3 rings (SSSR count). The number of carbonyl (C=O) groups excluding carboxylic acids is 2. The van der Waals surface area contributed by atoms with E-state index in [1.807, 2.05) is 0 Å². The first-order valence-electron chi connectivity index (χ1n) is 10.1. The number of carboxylic acid groups (broad SMARTS) is 1. The van der Waals surface area contributed by atoms with E-state index in [1.165, 1.54) is 13.1 Å². The maximum atomic E-state index is 12.9. The Morgan fingerprint density at radius 1 is 1.06 bits per heavy atom.